The summed E-state index contributed by atoms with van der Waals surface area (Å²) in [4.78, 5) is 4.17. The van der Waals surface area contributed by atoms with Crippen LogP contribution in [0.3, 0.4) is 0 Å². The molecule has 4 radical (unpaired) electrons. The van der Waals surface area contributed by atoms with Crippen molar-refractivity contribution in [3.05, 3.63) is 0 Å². The van der Waals surface area contributed by atoms with Gasteiger partial charge >= 0.3 is 0 Å². The first-order valence-corrected chi connectivity index (χ1v) is 9.21. The molecule has 4 unspecified atom stereocenters. The van der Waals surface area contributed by atoms with Crippen LogP contribution in [0.25, 0.3) is 0 Å². The maximum atomic E-state index is 6.17. The fraction of sp³-hybridized carbons (Fsp3) is 1.00. The average molecular weight is 284 g/mol. The Labute approximate surface area is 133 Å². The van der Waals surface area contributed by atoms with Crippen molar-refractivity contribution in [2.24, 2.45) is 17.8 Å². The van der Waals surface area contributed by atoms with Crippen LogP contribution < -0.4 is 0 Å². The molecule has 2 aliphatic heterocycles. The van der Waals surface area contributed by atoms with E-state index in [1.807, 2.05) is 4.81 Å². The molecule has 21 heavy (non-hydrogen) atoms. The summed E-state index contributed by atoms with van der Waals surface area (Å²) in [6.45, 7) is 3.33. The lowest BCUT2D eigenvalue weighted by molar-refractivity contribution is 0.213. The van der Waals surface area contributed by atoms with E-state index in [-0.39, 0.29) is 0 Å². The van der Waals surface area contributed by atoms with Crippen LogP contribution in [-0.2, 0) is 0 Å². The molecule has 2 nitrogen and oxygen atoms in total. The van der Waals surface area contributed by atoms with E-state index in [0.29, 0.717) is 6.04 Å². The van der Waals surface area contributed by atoms with Crippen LogP contribution in [-0.4, -0.2) is 51.3 Å². The lowest BCUT2D eigenvalue weighted by Crippen LogP contribution is -2.38. The Balaban J connectivity index is 1.40. The van der Waals surface area contributed by atoms with Crippen LogP contribution >= 0.6 is 0 Å². The molecule has 1 saturated carbocycles. The molecule has 3 fully saturated rings. The summed E-state index contributed by atoms with van der Waals surface area (Å²) in [6.07, 6.45) is 13.8. The molecule has 3 aliphatic rings. The van der Waals surface area contributed by atoms with Crippen LogP contribution in [0.15, 0.2) is 0 Å². The minimum absolute atomic E-state index is 0.664. The fourth-order valence-electron chi connectivity index (χ4n) is 5.03. The second kappa shape index (κ2) is 7.55. The quantitative estimate of drug-likeness (QED) is 0.732. The van der Waals surface area contributed by atoms with E-state index in [9.17, 15) is 0 Å². The fourth-order valence-corrected chi connectivity index (χ4v) is 5.03. The van der Waals surface area contributed by atoms with Gasteiger partial charge < -0.3 is 9.62 Å². The summed E-state index contributed by atoms with van der Waals surface area (Å²) >= 11 is 0. The Morgan fingerprint density at radius 3 is 2.33 bits per heavy atom. The second-order valence-corrected chi connectivity index (χ2v) is 7.91. The Morgan fingerprint density at radius 2 is 1.57 bits per heavy atom. The van der Waals surface area contributed by atoms with Gasteiger partial charge in [-0.25, -0.2) is 0 Å². The molecule has 4 atom stereocenters. The van der Waals surface area contributed by atoms with Crippen LogP contribution in [0, 0.1) is 17.8 Å². The van der Waals surface area contributed by atoms with Gasteiger partial charge in [0.1, 0.15) is 0 Å². The number of rotatable bonds is 4. The lowest BCUT2D eigenvalue weighted by Gasteiger charge is -2.35. The normalized spacial score (nSPS) is 39.6. The SMILES string of the molecule is [B]N1CCCC(CC2CCC(CC3CCCCN3[B])C2)C1. The molecule has 114 valence electrons. The smallest absolute Gasteiger partial charge is 0.182 e. The monoisotopic (exact) mass is 284 g/mol. The van der Waals surface area contributed by atoms with E-state index in [1.165, 1.54) is 64.2 Å². The number of hydrogen-bond donors (Lipinski definition) is 0. The summed E-state index contributed by atoms with van der Waals surface area (Å²) < 4.78 is 0. The second-order valence-electron chi connectivity index (χ2n) is 7.91. The highest BCUT2D eigenvalue weighted by molar-refractivity contribution is 6.04. The molecule has 4 heteroatoms. The van der Waals surface area contributed by atoms with Gasteiger partial charge in [-0.1, -0.05) is 19.3 Å². The first kappa shape index (κ1) is 15.9. The molecule has 2 heterocycles. The molecule has 0 amide bonds. The number of hydrogen-bond acceptors (Lipinski definition) is 2. The highest BCUT2D eigenvalue weighted by Gasteiger charge is 2.31. The summed E-state index contributed by atoms with van der Waals surface area (Å²) in [5, 5.41) is 0. The molecule has 0 aromatic heterocycles. The van der Waals surface area contributed by atoms with Gasteiger partial charge in [0.25, 0.3) is 0 Å². The molecule has 1 aliphatic carbocycles. The third kappa shape index (κ3) is 4.51. The van der Waals surface area contributed by atoms with E-state index >= 15 is 0 Å². The lowest BCUT2D eigenvalue weighted by atomic mass is 9.85. The van der Waals surface area contributed by atoms with Crippen molar-refractivity contribution in [2.75, 3.05) is 19.6 Å². The van der Waals surface area contributed by atoms with Crippen LogP contribution in [0.1, 0.15) is 64.2 Å². The third-order valence-electron chi connectivity index (χ3n) is 6.14. The van der Waals surface area contributed by atoms with Gasteiger partial charge in [-0.05, 0) is 88.4 Å². The summed E-state index contributed by atoms with van der Waals surface area (Å²) in [5.74, 6) is 2.75. The zero-order chi connectivity index (χ0) is 14.7. The van der Waals surface area contributed by atoms with Gasteiger partial charge in [-0.2, -0.15) is 0 Å². The molecular formula is C17H30B2N2. The highest BCUT2D eigenvalue weighted by atomic mass is 15.1. The van der Waals surface area contributed by atoms with Crippen molar-refractivity contribution in [2.45, 2.75) is 70.3 Å². The minimum atomic E-state index is 0.664. The zero-order valence-electron chi connectivity index (χ0n) is 13.6. The summed E-state index contributed by atoms with van der Waals surface area (Å²) in [5.41, 5.74) is 0. The average Bonchev–Trinajstić information content (AvgIpc) is 2.89. The van der Waals surface area contributed by atoms with E-state index in [1.54, 1.807) is 0 Å². The first-order chi connectivity index (χ1) is 10.2. The summed E-state index contributed by atoms with van der Waals surface area (Å²) in [6, 6.07) is 0.664. The Morgan fingerprint density at radius 1 is 0.762 bits per heavy atom. The van der Waals surface area contributed by atoms with Crippen LogP contribution in [0.4, 0.5) is 0 Å². The van der Waals surface area contributed by atoms with Crippen molar-refractivity contribution in [3.8, 4) is 0 Å². The van der Waals surface area contributed by atoms with E-state index in [0.717, 1.165) is 37.4 Å². The van der Waals surface area contributed by atoms with Crippen LogP contribution in [0.2, 0.25) is 0 Å². The van der Waals surface area contributed by atoms with Gasteiger partial charge in [0.2, 0.25) is 0 Å². The van der Waals surface area contributed by atoms with Crippen molar-refractivity contribution in [1.29, 1.82) is 0 Å². The number of nitrogens with zero attached hydrogens (tertiary/aromatic N) is 2. The predicted octanol–water partition coefficient (Wildman–Crippen LogP) is 2.92. The number of piperidine rings is 2. The third-order valence-corrected chi connectivity index (χ3v) is 6.14. The molecule has 0 aromatic rings. The first-order valence-electron chi connectivity index (χ1n) is 9.21. The van der Waals surface area contributed by atoms with Crippen molar-refractivity contribution < 1.29 is 0 Å². The van der Waals surface area contributed by atoms with E-state index < -0.39 is 0 Å². The molecule has 0 aromatic carbocycles. The molecule has 0 N–H and O–H groups in total. The van der Waals surface area contributed by atoms with Gasteiger partial charge in [0, 0.05) is 0 Å². The largest absolute Gasteiger partial charge is 0.353 e. The molecular weight excluding hydrogens is 254 g/mol. The maximum absolute atomic E-state index is 6.17. The molecule has 3 rings (SSSR count). The van der Waals surface area contributed by atoms with Gasteiger partial charge in [-0.15, -0.1) is 0 Å². The van der Waals surface area contributed by atoms with Crippen LogP contribution in [0.5, 0.6) is 0 Å². The van der Waals surface area contributed by atoms with Gasteiger partial charge in [-0.3, -0.25) is 0 Å². The summed E-state index contributed by atoms with van der Waals surface area (Å²) in [7, 11) is 12.1. The van der Waals surface area contributed by atoms with E-state index in [2.05, 4.69) is 4.81 Å². The maximum Gasteiger partial charge on any atom is 0.182 e. The van der Waals surface area contributed by atoms with Gasteiger partial charge in [0.05, 0.1) is 0 Å². The van der Waals surface area contributed by atoms with E-state index in [4.69, 9.17) is 16.0 Å². The zero-order valence-corrected chi connectivity index (χ0v) is 13.6. The Hall–Kier alpha value is 0.0499. The van der Waals surface area contributed by atoms with Gasteiger partial charge in [0.15, 0.2) is 16.0 Å². The Bertz CT molecular complexity index is 326. The van der Waals surface area contributed by atoms with Crippen molar-refractivity contribution in [1.82, 2.24) is 9.62 Å². The van der Waals surface area contributed by atoms with Crippen molar-refractivity contribution >= 4 is 16.0 Å². The standard InChI is InChI=1S/C17H30B2N2/c18-20-8-3-4-16(13-20)11-14-6-7-15(10-14)12-17-5-1-2-9-21(17)19/h14-17H,1-13H2. The highest BCUT2D eigenvalue weighted by Crippen LogP contribution is 2.39. The molecule has 0 bridgehead atoms. The molecule has 0 spiro atoms. The van der Waals surface area contributed by atoms with Crippen molar-refractivity contribution in [3.63, 3.8) is 0 Å². The predicted molar refractivity (Wildman–Crippen MR) is 90.2 cm³/mol. The topological polar surface area (TPSA) is 6.48 Å². The minimum Gasteiger partial charge on any atom is -0.353 e. The Kier molecular flexibility index (Phi) is 5.72. The molecule has 2 saturated heterocycles.